The van der Waals surface area contributed by atoms with Crippen LogP contribution in [-0.2, 0) is 9.84 Å². The molecule has 1 heterocycles. The molecular weight excluding hydrogens is 408 g/mol. The number of aromatic nitrogens is 1. The summed E-state index contributed by atoms with van der Waals surface area (Å²) in [5.74, 6) is 0.718. The van der Waals surface area contributed by atoms with E-state index in [1.54, 1.807) is 31.5 Å². The maximum atomic E-state index is 12.9. The molecule has 0 spiro atoms. The highest BCUT2D eigenvalue weighted by Gasteiger charge is 2.23. The molecule has 1 atom stereocenters. The fraction of sp³-hybridized carbons (Fsp3) is 0.429. The normalized spacial score (nSPS) is 12.2. The first-order valence-electron chi connectivity index (χ1n) is 9.37. The van der Waals surface area contributed by atoms with Crippen molar-refractivity contribution in [3.05, 3.63) is 47.3 Å². The van der Waals surface area contributed by atoms with E-state index in [4.69, 9.17) is 14.2 Å². The number of carbonyl (C=O) groups is 1. The molecule has 0 bridgehead atoms. The quantitative estimate of drug-likeness (QED) is 0.610. The summed E-state index contributed by atoms with van der Waals surface area (Å²) >= 11 is 0. The van der Waals surface area contributed by atoms with Gasteiger partial charge in [-0.15, -0.1) is 0 Å². The predicted octanol–water partition coefficient (Wildman–Crippen LogP) is 2.36. The third kappa shape index (κ3) is 5.85. The fourth-order valence-electron chi connectivity index (χ4n) is 3.21. The Bertz CT molecular complexity index is 977. The van der Waals surface area contributed by atoms with E-state index in [2.05, 4.69) is 10.3 Å². The molecule has 164 valence electrons. The summed E-state index contributed by atoms with van der Waals surface area (Å²) in [6, 6.07) is 5.26. The van der Waals surface area contributed by atoms with Crippen molar-refractivity contribution in [2.24, 2.45) is 0 Å². The van der Waals surface area contributed by atoms with Gasteiger partial charge in [0.2, 0.25) is 5.75 Å². The number of benzene rings is 1. The van der Waals surface area contributed by atoms with E-state index in [1.165, 1.54) is 27.6 Å². The van der Waals surface area contributed by atoms with Crippen molar-refractivity contribution >= 4 is 15.7 Å². The predicted molar refractivity (Wildman–Crippen MR) is 114 cm³/mol. The molecule has 0 saturated heterocycles. The van der Waals surface area contributed by atoms with E-state index in [0.717, 1.165) is 5.56 Å². The Hall–Kier alpha value is -2.81. The van der Waals surface area contributed by atoms with Gasteiger partial charge in [-0.3, -0.25) is 9.78 Å². The Labute approximate surface area is 177 Å². The Morgan fingerprint density at radius 1 is 1.17 bits per heavy atom. The lowest BCUT2D eigenvalue weighted by molar-refractivity contribution is 0.0949. The first-order chi connectivity index (χ1) is 14.2. The molecule has 0 radical (unpaired) electrons. The van der Waals surface area contributed by atoms with E-state index in [-0.39, 0.29) is 24.1 Å². The van der Waals surface area contributed by atoms with Crippen LogP contribution >= 0.6 is 0 Å². The molecule has 1 aromatic heterocycles. The SMILES string of the molecule is COc1cc(C(=O)NCC(CCS(C)(=O)=O)c2cccnc2)c(C)c(OC)c1OC. The number of carbonyl (C=O) groups excluding carboxylic acids is 1. The number of pyridine rings is 1. The average molecular weight is 437 g/mol. The van der Waals surface area contributed by atoms with Gasteiger partial charge in [0.15, 0.2) is 11.5 Å². The minimum Gasteiger partial charge on any atom is -0.493 e. The molecule has 0 fully saturated rings. The molecular formula is C21H28N2O6S. The molecule has 1 N–H and O–H groups in total. The second-order valence-corrected chi connectivity index (χ2v) is 9.19. The van der Waals surface area contributed by atoms with Gasteiger partial charge in [-0.05, 0) is 31.0 Å². The zero-order valence-electron chi connectivity index (χ0n) is 17.9. The minimum atomic E-state index is -3.13. The molecule has 1 aromatic carbocycles. The molecule has 2 rings (SSSR count). The molecule has 2 aromatic rings. The van der Waals surface area contributed by atoms with Gasteiger partial charge in [0.05, 0.1) is 27.1 Å². The number of nitrogens with zero attached hydrogens (tertiary/aromatic N) is 1. The summed E-state index contributed by atoms with van der Waals surface area (Å²) in [5, 5.41) is 2.90. The van der Waals surface area contributed by atoms with Crippen molar-refractivity contribution in [1.82, 2.24) is 10.3 Å². The summed E-state index contributed by atoms with van der Waals surface area (Å²) in [4.78, 5) is 17.0. The van der Waals surface area contributed by atoms with Gasteiger partial charge in [0.25, 0.3) is 5.91 Å². The van der Waals surface area contributed by atoms with Gasteiger partial charge >= 0.3 is 0 Å². The Balaban J connectivity index is 2.26. The van der Waals surface area contributed by atoms with Crippen molar-refractivity contribution in [2.75, 3.05) is 39.9 Å². The van der Waals surface area contributed by atoms with Crippen molar-refractivity contribution in [3.8, 4) is 17.2 Å². The monoisotopic (exact) mass is 436 g/mol. The highest BCUT2D eigenvalue weighted by Crippen LogP contribution is 2.41. The average Bonchev–Trinajstić information content (AvgIpc) is 2.72. The second kappa shape index (κ2) is 10.3. The van der Waals surface area contributed by atoms with Crippen LogP contribution in [-0.4, -0.2) is 59.2 Å². The lowest BCUT2D eigenvalue weighted by atomic mass is 9.97. The Kier molecular flexibility index (Phi) is 8.05. The molecule has 0 aliphatic heterocycles. The van der Waals surface area contributed by atoms with Crippen molar-refractivity contribution < 1.29 is 27.4 Å². The van der Waals surface area contributed by atoms with Crippen molar-refractivity contribution in [1.29, 1.82) is 0 Å². The van der Waals surface area contributed by atoms with Crippen LogP contribution in [0.2, 0.25) is 0 Å². The second-order valence-electron chi connectivity index (χ2n) is 6.93. The van der Waals surface area contributed by atoms with Gasteiger partial charge in [0, 0.05) is 42.2 Å². The number of methoxy groups -OCH3 is 3. The van der Waals surface area contributed by atoms with Crippen LogP contribution in [0.1, 0.15) is 33.8 Å². The molecule has 0 aliphatic rings. The first kappa shape index (κ1) is 23.5. The standard InChI is InChI=1S/C21H28N2O6S/c1-14-17(11-18(27-2)20(29-4)19(14)28-3)21(24)23-13-16(8-10-30(5,25)26)15-7-6-9-22-12-15/h6-7,9,11-12,16H,8,10,13H2,1-5H3,(H,23,24). The number of nitrogens with one attached hydrogen (secondary N) is 1. The van der Waals surface area contributed by atoms with Crippen LogP contribution in [0.5, 0.6) is 17.2 Å². The maximum Gasteiger partial charge on any atom is 0.251 e. The minimum absolute atomic E-state index is 0.0195. The molecule has 1 amide bonds. The summed E-state index contributed by atoms with van der Waals surface area (Å²) in [6.07, 6.45) is 4.91. The van der Waals surface area contributed by atoms with Gasteiger partial charge in [-0.25, -0.2) is 8.42 Å². The number of rotatable bonds is 10. The van der Waals surface area contributed by atoms with Gasteiger partial charge in [-0.1, -0.05) is 6.07 Å². The highest BCUT2D eigenvalue weighted by molar-refractivity contribution is 7.90. The number of ether oxygens (including phenoxy) is 3. The van der Waals surface area contributed by atoms with Gasteiger partial charge in [0.1, 0.15) is 9.84 Å². The number of sulfone groups is 1. The zero-order chi connectivity index (χ0) is 22.3. The molecule has 30 heavy (non-hydrogen) atoms. The van der Waals surface area contributed by atoms with E-state index in [9.17, 15) is 13.2 Å². The lowest BCUT2D eigenvalue weighted by Crippen LogP contribution is -2.30. The number of hydrogen-bond donors (Lipinski definition) is 1. The topological polar surface area (TPSA) is 104 Å². The summed E-state index contributed by atoms with van der Waals surface area (Å²) < 4.78 is 39.4. The van der Waals surface area contributed by atoms with Crippen molar-refractivity contribution in [3.63, 3.8) is 0 Å². The molecule has 8 nitrogen and oxygen atoms in total. The number of amides is 1. The van der Waals surface area contributed by atoms with Gasteiger partial charge in [-0.2, -0.15) is 0 Å². The fourth-order valence-corrected chi connectivity index (χ4v) is 3.92. The van der Waals surface area contributed by atoms with E-state index in [1.807, 2.05) is 6.07 Å². The highest BCUT2D eigenvalue weighted by atomic mass is 32.2. The van der Waals surface area contributed by atoms with Crippen molar-refractivity contribution in [2.45, 2.75) is 19.3 Å². The largest absolute Gasteiger partial charge is 0.493 e. The number of hydrogen-bond acceptors (Lipinski definition) is 7. The Morgan fingerprint density at radius 2 is 1.87 bits per heavy atom. The third-order valence-corrected chi connectivity index (χ3v) is 5.80. The third-order valence-electron chi connectivity index (χ3n) is 4.82. The van der Waals surface area contributed by atoms with Gasteiger partial charge < -0.3 is 19.5 Å². The van der Waals surface area contributed by atoms with E-state index < -0.39 is 9.84 Å². The van der Waals surface area contributed by atoms with E-state index >= 15 is 0 Å². The van der Waals surface area contributed by atoms with E-state index in [0.29, 0.717) is 34.8 Å². The first-order valence-corrected chi connectivity index (χ1v) is 11.4. The van der Waals surface area contributed by atoms with Crippen LogP contribution in [0.3, 0.4) is 0 Å². The Morgan fingerprint density at radius 3 is 2.40 bits per heavy atom. The summed E-state index contributed by atoms with van der Waals surface area (Å²) in [6.45, 7) is 2.02. The van der Waals surface area contributed by atoms with Crippen LogP contribution in [0.15, 0.2) is 30.6 Å². The zero-order valence-corrected chi connectivity index (χ0v) is 18.7. The van der Waals surface area contributed by atoms with Crippen LogP contribution in [0.4, 0.5) is 0 Å². The lowest BCUT2D eigenvalue weighted by Gasteiger charge is -2.20. The molecule has 1 unspecified atom stereocenters. The molecule has 0 saturated carbocycles. The molecule has 9 heteroatoms. The summed E-state index contributed by atoms with van der Waals surface area (Å²) in [5.41, 5.74) is 1.86. The van der Waals surface area contributed by atoms with Crippen LogP contribution in [0, 0.1) is 6.92 Å². The molecule has 0 aliphatic carbocycles. The van der Waals surface area contributed by atoms with Crippen LogP contribution < -0.4 is 19.5 Å². The smallest absolute Gasteiger partial charge is 0.251 e. The summed E-state index contributed by atoms with van der Waals surface area (Å²) in [7, 11) is 1.35. The maximum absolute atomic E-state index is 12.9. The van der Waals surface area contributed by atoms with Crippen LogP contribution in [0.25, 0.3) is 0 Å².